The molecule has 0 aliphatic rings. The minimum atomic E-state index is -0.342. The second-order valence-electron chi connectivity index (χ2n) is 5.71. The van der Waals surface area contributed by atoms with Gasteiger partial charge in [0.25, 0.3) is 0 Å². The van der Waals surface area contributed by atoms with Crippen LogP contribution in [0.15, 0.2) is 42.5 Å². The second kappa shape index (κ2) is 5.96. The van der Waals surface area contributed by atoms with Gasteiger partial charge in [-0.2, -0.15) is 0 Å². The van der Waals surface area contributed by atoms with Gasteiger partial charge in [0.15, 0.2) is 11.6 Å². The van der Waals surface area contributed by atoms with Gasteiger partial charge in [-0.15, -0.1) is 0 Å². The average Bonchev–Trinajstić information content (AvgIpc) is 2.40. The Bertz CT molecular complexity index is 602. The molecule has 0 unspecified atom stereocenters. The molecule has 0 heterocycles. The summed E-state index contributed by atoms with van der Waals surface area (Å²) in [5, 5.41) is 0.553. The molecule has 0 atom stereocenters. The van der Waals surface area contributed by atoms with Crippen LogP contribution < -0.4 is 4.74 Å². The molecule has 20 heavy (non-hydrogen) atoms. The Balaban J connectivity index is 2.46. The minimum absolute atomic E-state index is 0.0591. The fourth-order valence-corrected chi connectivity index (χ4v) is 2.50. The van der Waals surface area contributed by atoms with Gasteiger partial charge in [0.1, 0.15) is 5.75 Å². The summed E-state index contributed by atoms with van der Waals surface area (Å²) in [5.41, 5.74) is 1.80. The van der Waals surface area contributed by atoms with E-state index in [0.717, 1.165) is 11.1 Å². The Hall–Kier alpha value is -1.35. The number of halogens is 2. The van der Waals surface area contributed by atoms with Crippen molar-refractivity contribution in [3.8, 4) is 11.5 Å². The van der Waals surface area contributed by atoms with Gasteiger partial charge in [0, 0.05) is 16.5 Å². The molecule has 0 aliphatic carbocycles. The van der Waals surface area contributed by atoms with Gasteiger partial charge in [-0.05, 0) is 17.5 Å². The zero-order chi connectivity index (χ0) is 14.8. The van der Waals surface area contributed by atoms with Crippen molar-refractivity contribution in [1.29, 1.82) is 0 Å². The normalized spacial score (nSPS) is 11.4. The highest BCUT2D eigenvalue weighted by Crippen LogP contribution is 2.36. The van der Waals surface area contributed by atoms with E-state index in [1.54, 1.807) is 6.07 Å². The molecule has 0 fully saturated rings. The monoisotopic (exact) mass is 336 g/mol. The maximum Gasteiger partial charge on any atom is 0.167 e. The van der Waals surface area contributed by atoms with Crippen LogP contribution in [0.25, 0.3) is 0 Å². The molecule has 2 aromatic carbocycles. The van der Waals surface area contributed by atoms with Crippen LogP contribution in [0, 0.1) is 5.82 Å². The van der Waals surface area contributed by atoms with Crippen molar-refractivity contribution in [1.82, 2.24) is 0 Å². The van der Waals surface area contributed by atoms with Crippen LogP contribution in [0.3, 0.4) is 0 Å². The largest absolute Gasteiger partial charge is 0.454 e. The topological polar surface area (TPSA) is 9.23 Å². The summed E-state index contributed by atoms with van der Waals surface area (Å²) in [6.07, 6.45) is 0. The molecule has 1 nitrogen and oxygen atoms in total. The van der Waals surface area contributed by atoms with Crippen LogP contribution in [0.1, 0.15) is 31.9 Å². The first kappa shape index (κ1) is 15.0. The molecule has 0 aliphatic heterocycles. The van der Waals surface area contributed by atoms with Crippen LogP contribution in [0.4, 0.5) is 4.39 Å². The third kappa shape index (κ3) is 3.21. The van der Waals surface area contributed by atoms with E-state index >= 15 is 0 Å². The molecular formula is C17H18BrFO. The Morgan fingerprint density at radius 1 is 1.05 bits per heavy atom. The SMILES string of the molecule is CC(C)(C)c1ccccc1Oc1c(F)cccc1CBr. The number of alkyl halides is 1. The van der Waals surface area contributed by atoms with Gasteiger partial charge in [-0.3, -0.25) is 0 Å². The van der Waals surface area contributed by atoms with E-state index in [-0.39, 0.29) is 11.2 Å². The average molecular weight is 337 g/mol. The molecule has 106 valence electrons. The molecule has 0 saturated carbocycles. The molecule has 0 bridgehead atoms. The maximum atomic E-state index is 14.0. The van der Waals surface area contributed by atoms with Gasteiger partial charge in [0.05, 0.1) is 0 Å². The Morgan fingerprint density at radius 2 is 1.75 bits per heavy atom. The molecule has 0 saturated heterocycles. The highest BCUT2D eigenvalue weighted by atomic mass is 79.9. The van der Waals surface area contributed by atoms with Gasteiger partial charge in [-0.1, -0.05) is 67.0 Å². The van der Waals surface area contributed by atoms with Gasteiger partial charge >= 0.3 is 0 Å². The van der Waals surface area contributed by atoms with Crippen LogP contribution in [-0.4, -0.2) is 0 Å². The van der Waals surface area contributed by atoms with Gasteiger partial charge in [0.2, 0.25) is 0 Å². The summed E-state index contributed by atoms with van der Waals surface area (Å²) < 4.78 is 19.9. The van der Waals surface area contributed by atoms with Crippen molar-refractivity contribution in [2.75, 3.05) is 0 Å². The lowest BCUT2D eigenvalue weighted by atomic mass is 9.86. The summed E-state index contributed by atoms with van der Waals surface area (Å²) in [6.45, 7) is 6.34. The van der Waals surface area contributed by atoms with E-state index in [2.05, 4.69) is 36.7 Å². The lowest BCUT2D eigenvalue weighted by Gasteiger charge is -2.23. The number of hydrogen-bond acceptors (Lipinski definition) is 1. The number of rotatable bonds is 3. The molecular weight excluding hydrogens is 319 g/mol. The smallest absolute Gasteiger partial charge is 0.167 e. The minimum Gasteiger partial charge on any atom is -0.454 e. The standard InChI is InChI=1S/C17H18BrFO/c1-17(2,3)13-8-4-5-10-15(13)20-16-12(11-18)7-6-9-14(16)19/h4-10H,11H2,1-3H3. The molecule has 0 N–H and O–H groups in total. The number of benzene rings is 2. The third-order valence-corrected chi connectivity index (χ3v) is 3.70. The van der Waals surface area contributed by atoms with Crippen molar-refractivity contribution >= 4 is 15.9 Å². The molecule has 2 aromatic rings. The Morgan fingerprint density at radius 3 is 2.40 bits per heavy atom. The highest BCUT2D eigenvalue weighted by molar-refractivity contribution is 9.08. The fourth-order valence-electron chi connectivity index (χ4n) is 2.06. The maximum absolute atomic E-state index is 14.0. The summed E-state index contributed by atoms with van der Waals surface area (Å²) in [5.74, 6) is 0.652. The van der Waals surface area contributed by atoms with Crippen molar-refractivity contribution < 1.29 is 9.13 Å². The number of para-hydroxylation sites is 2. The van der Waals surface area contributed by atoms with Crippen molar-refractivity contribution in [2.24, 2.45) is 0 Å². The zero-order valence-corrected chi connectivity index (χ0v) is 13.5. The Labute approximate surface area is 127 Å². The molecule has 0 amide bonds. The van der Waals surface area contributed by atoms with E-state index < -0.39 is 0 Å². The van der Waals surface area contributed by atoms with Crippen molar-refractivity contribution in [2.45, 2.75) is 31.5 Å². The summed E-state index contributed by atoms with van der Waals surface area (Å²) in [6, 6.07) is 12.7. The predicted molar refractivity (Wildman–Crippen MR) is 84.2 cm³/mol. The lowest BCUT2D eigenvalue weighted by Crippen LogP contribution is -2.12. The summed E-state index contributed by atoms with van der Waals surface area (Å²) in [4.78, 5) is 0. The summed E-state index contributed by atoms with van der Waals surface area (Å²) >= 11 is 3.37. The van der Waals surface area contributed by atoms with Crippen molar-refractivity contribution in [3.05, 3.63) is 59.4 Å². The van der Waals surface area contributed by atoms with Gasteiger partial charge in [-0.25, -0.2) is 4.39 Å². The second-order valence-corrected chi connectivity index (χ2v) is 6.27. The van der Waals surface area contributed by atoms with E-state index in [1.807, 2.05) is 30.3 Å². The van der Waals surface area contributed by atoms with Crippen LogP contribution >= 0.6 is 15.9 Å². The third-order valence-electron chi connectivity index (χ3n) is 3.10. The first-order chi connectivity index (χ1) is 9.43. The molecule has 3 heteroatoms. The first-order valence-corrected chi connectivity index (χ1v) is 7.66. The lowest BCUT2D eigenvalue weighted by molar-refractivity contribution is 0.421. The van der Waals surface area contributed by atoms with E-state index in [4.69, 9.17) is 4.74 Å². The Kier molecular flexibility index (Phi) is 4.48. The fraction of sp³-hybridized carbons (Fsp3) is 0.294. The van der Waals surface area contributed by atoms with Gasteiger partial charge < -0.3 is 4.74 Å². The van der Waals surface area contributed by atoms with Crippen molar-refractivity contribution in [3.63, 3.8) is 0 Å². The highest BCUT2D eigenvalue weighted by Gasteiger charge is 2.20. The molecule has 0 aromatic heterocycles. The van der Waals surface area contributed by atoms with Crippen LogP contribution in [-0.2, 0) is 10.7 Å². The van der Waals surface area contributed by atoms with Crippen LogP contribution in [0.5, 0.6) is 11.5 Å². The first-order valence-electron chi connectivity index (χ1n) is 6.54. The summed E-state index contributed by atoms with van der Waals surface area (Å²) in [7, 11) is 0. The van der Waals surface area contributed by atoms with E-state index in [1.165, 1.54) is 6.07 Å². The van der Waals surface area contributed by atoms with E-state index in [9.17, 15) is 4.39 Å². The molecule has 2 rings (SSSR count). The molecule has 0 radical (unpaired) electrons. The number of hydrogen-bond donors (Lipinski definition) is 0. The molecule has 0 spiro atoms. The zero-order valence-electron chi connectivity index (χ0n) is 11.9. The quantitative estimate of drug-likeness (QED) is 0.642. The number of ether oxygens (including phenoxy) is 1. The van der Waals surface area contributed by atoms with Crippen LogP contribution in [0.2, 0.25) is 0 Å². The predicted octanol–water partition coefficient (Wildman–Crippen LogP) is 5.81. The van der Waals surface area contributed by atoms with E-state index in [0.29, 0.717) is 16.8 Å².